The smallest absolute Gasteiger partial charge is 0.0617 e. The van der Waals surface area contributed by atoms with E-state index >= 15 is 0 Å². The third kappa shape index (κ3) is 1.48. The molecular weight excluding hydrogens is 172 g/mol. The van der Waals surface area contributed by atoms with Gasteiger partial charge in [0.2, 0.25) is 0 Å². The Morgan fingerprint density at radius 2 is 1.79 bits per heavy atom. The van der Waals surface area contributed by atoms with E-state index in [9.17, 15) is 0 Å². The first-order chi connectivity index (χ1) is 6.68. The minimum Gasteiger partial charge on any atom is -0.380 e. The van der Waals surface area contributed by atoms with Gasteiger partial charge >= 0.3 is 0 Å². The Labute approximate surface area is 85.0 Å². The van der Waals surface area contributed by atoms with Crippen molar-refractivity contribution in [2.45, 2.75) is 19.9 Å². The minimum absolute atomic E-state index is 0.415. The number of nitrogens with one attached hydrogen (secondary N) is 2. The monoisotopic (exact) mass is 188 g/mol. The molecule has 0 fully saturated rings. The molecule has 1 heterocycles. The van der Waals surface area contributed by atoms with Crippen LogP contribution >= 0.6 is 0 Å². The second-order valence-corrected chi connectivity index (χ2v) is 3.92. The van der Waals surface area contributed by atoms with E-state index < -0.39 is 0 Å². The summed E-state index contributed by atoms with van der Waals surface area (Å²) in [5.74, 6) is 0.433. The zero-order chi connectivity index (χ0) is 10.1. The molecule has 0 radical (unpaired) electrons. The van der Waals surface area contributed by atoms with Gasteiger partial charge in [0.05, 0.1) is 11.4 Å². The van der Waals surface area contributed by atoms with Crippen molar-refractivity contribution in [2.75, 3.05) is 10.6 Å². The molecule has 0 saturated carbocycles. The van der Waals surface area contributed by atoms with Gasteiger partial charge in [-0.05, 0) is 19.1 Å². The van der Waals surface area contributed by atoms with Gasteiger partial charge in [0.25, 0.3) is 0 Å². The van der Waals surface area contributed by atoms with Gasteiger partial charge in [-0.2, -0.15) is 0 Å². The van der Waals surface area contributed by atoms with Crippen molar-refractivity contribution in [3.05, 3.63) is 36.5 Å². The summed E-state index contributed by atoms with van der Waals surface area (Å²) in [6, 6.07) is 8.64. The van der Waals surface area contributed by atoms with E-state index in [-0.39, 0.29) is 0 Å². The maximum atomic E-state index is 4.05. The second kappa shape index (κ2) is 3.37. The molecule has 0 spiro atoms. The van der Waals surface area contributed by atoms with E-state index in [0.717, 1.165) is 17.1 Å². The van der Waals surface area contributed by atoms with Gasteiger partial charge in [-0.25, -0.2) is 0 Å². The molecule has 1 aromatic carbocycles. The summed E-state index contributed by atoms with van der Waals surface area (Å²) >= 11 is 0. The average molecular weight is 188 g/mol. The highest BCUT2D eigenvalue weighted by Crippen LogP contribution is 2.30. The van der Waals surface area contributed by atoms with Crippen LogP contribution in [0.2, 0.25) is 0 Å². The van der Waals surface area contributed by atoms with Crippen LogP contribution in [-0.2, 0) is 0 Å². The van der Waals surface area contributed by atoms with Crippen LogP contribution in [0.4, 0.5) is 11.4 Å². The fourth-order valence-electron chi connectivity index (χ4n) is 1.68. The molecule has 2 rings (SSSR count). The van der Waals surface area contributed by atoms with Crippen LogP contribution in [-0.4, -0.2) is 6.04 Å². The van der Waals surface area contributed by atoms with Gasteiger partial charge in [-0.15, -0.1) is 0 Å². The van der Waals surface area contributed by atoms with E-state index in [1.165, 1.54) is 0 Å². The van der Waals surface area contributed by atoms with E-state index in [1.54, 1.807) is 0 Å². The standard InChI is InChI=1S/C12H16N2/c1-8-9(2)13-11-6-4-5-7-12(11)14-10(8)3/h4-8,10,13-14H,2H2,1,3H3/t8-,10+/m1/s1. The predicted molar refractivity (Wildman–Crippen MR) is 61.5 cm³/mol. The number of fused-ring (bicyclic) bond motifs is 1. The van der Waals surface area contributed by atoms with Crippen LogP contribution in [0, 0.1) is 5.92 Å². The van der Waals surface area contributed by atoms with Crippen LogP contribution in [0.3, 0.4) is 0 Å². The van der Waals surface area contributed by atoms with Crippen molar-refractivity contribution in [3.63, 3.8) is 0 Å². The average Bonchev–Trinajstić information content (AvgIpc) is 2.28. The normalized spacial score (nSPS) is 25.7. The molecule has 2 heteroatoms. The van der Waals surface area contributed by atoms with Crippen LogP contribution in [0.25, 0.3) is 0 Å². The van der Waals surface area contributed by atoms with Crippen molar-refractivity contribution in [1.29, 1.82) is 0 Å². The number of benzene rings is 1. The number of hydrogen-bond donors (Lipinski definition) is 2. The summed E-state index contributed by atoms with van der Waals surface area (Å²) < 4.78 is 0. The van der Waals surface area contributed by atoms with Gasteiger partial charge < -0.3 is 10.6 Å². The van der Waals surface area contributed by atoms with Crippen LogP contribution in [0.1, 0.15) is 13.8 Å². The quantitative estimate of drug-likeness (QED) is 0.654. The molecule has 74 valence electrons. The topological polar surface area (TPSA) is 24.1 Å². The maximum Gasteiger partial charge on any atom is 0.0617 e. The molecule has 0 saturated heterocycles. The molecule has 0 unspecified atom stereocenters. The molecule has 14 heavy (non-hydrogen) atoms. The van der Waals surface area contributed by atoms with Crippen molar-refractivity contribution in [2.24, 2.45) is 5.92 Å². The Kier molecular flexibility index (Phi) is 2.20. The molecule has 2 nitrogen and oxygen atoms in total. The lowest BCUT2D eigenvalue weighted by molar-refractivity contribution is 0.597. The van der Waals surface area contributed by atoms with Crippen LogP contribution in [0.5, 0.6) is 0 Å². The van der Waals surface area contributed by atoms with E-state index in [0.29, 0.717) is 12.0 Å². The molecule has 1 aliphatic heterocycles. The SMILES string of the molecule is C=C1Nc2ccccc2N[C@@H](C)[C@@H]1C. The summed E-state index contributed by atoms with van der Waals surface area (Å²) in [6.07, 6.45) is 0. The van der Waals surface area contributed by atoms with Gasteiger partial charge in [0.1, 0.15) is 0 Å². The lowest BCUT2D eigenvalue weighted by atomic mass is 10.0. The number of para-hydroxylation sites is 2. The largest absolute Gasteiger partial charge is 0.380 e. The van der Waals surface area contributed by atoms with E-state index in [4.69, 9.17) is 0 Å². The zero-order valence-corrected chi connectivity index (χ0v) is 8.67. The lowest BCUT2D eigenvalue weighted by Gasteiger charge is -2.19. The first-order valence-electron chi connectivity index (χ1n) is 5.00. The van der Waals surface area contributed by atoms with E-state index in [1.807, 2.05) is 12.1 Å². The molecule has 0 amide bonds. The Bertz CT molecular complexity index is 357. The van der Waals surface area contributed by atoms with Crippen molar-refractivity contribution < 1.29 is 0 Å². The van der Waals surface area contributed by atoms with Gasteiger partial charge in [-0.1, -0.05) is 25.6 Å². The van der Waals surface area contributed by atoms with Gasteiger partial charge in [0, 0.05) is 17.7 Å². The number of rotatable bonds is 0. The predicted octanol–water partition coefficient (Wildman–Crippen LogP) is 3.06. The number of anilines is 2. The molecule has 0 aromatic heterocycles. The fraction of sp³-hybridized carbons (Fsp3) is 0.333. The first-order valence-corrected chi connectivity index (χ1v) is 5.00. The lowest BCUT2D eigenvalue weighted by Crippen LogP contribution is -2.24. The molecule has 2 N–H and O–H groups in total. The zero-order valence-electron chi connectivity index (χ0n) is 8.67. The molecule has 2 atom stereocenters. The Hall–Kier alpha value is -1.44. The second-order valence-electron chi connectivity index (χ2n) is 3.92. The van der Waals surface area contributed by atoms with Crippen molar-refractivity contribution in [1.82, 2.24) is 0 Å². The minimum atomic E-state index is 0.415. The molecule has 1 aliphatic rings. The third-order valence-electron chi connectivity index (χ3n) is 2.91. The van der Waals surface area contributed by atoms with Crippen LogP contribution < -0.4 is 10.6 Å². The van der Waals surface area contributed by atoms with Crippen LogP contribution in [0.15, 0.2) is 36.5 Å². The summed E-state index contributed by atoms with van der Waals surface area (Å²) in [6.45, 7) is 8.41. The first kappa shape index (κ1) is 9.13. The highest BCUT2D eigenvalue weighted by atomic mass is 15.0. The van der Waals surface area contributed by atoms with Crippen molar-refractivity contribution in [3.8, 4) is 0 Å². The maximum absolute atomic E-state index is 4.05. The number of hydrogen-bond acceptors (Lipinski definition) is 2. The van der Waals surface area contributed by atoms with Gasteiger partial charge in [-0.3, -0.25) is 0 Å². The Morgan fingerprint density at radius 3 is 2.50 bits per heavy atom. The van der Waals surface area contributed by atoms with Crippen molar-refractivity contribution >= 4 is 11.4 Å². The fourth-order valence-corrected chi connectivity index (χ4v) is 1.68. The summed E-state index contributed by atoms with van der Waals surface area (Å²) in [7, 11) is 0. The van der Waals surface area contributed by atoms with Gasteiger partial charge in [0.15, 0.2) is 0 Å². The summed E-state index contributed by atoms with van der Waals surface area (Å²) in [5, 5.41) is 6.82. The molecule has 1 aromatic rings. The molecular formula is C12H16N2. The highest BCUT2D eigenvalue weighted by Gasteiger charge is 2.20. The van der Waals surface area contributed by atoms with E-state index in [2.05, 4.69) is 43.2 Å². The third-order valence-corrected chi connectivity index (χ3v) is 2.91. The molecule has 0 bridgehead atoms. The Balaban J connectivity index is 2.39. The summed E-state index contributed by atoms with van der Waals surface area (Å²) in [4.78, 5) is 0. The highest BCUT2D eigenvalue weighted by molar-refractivity contribution is 5.72. The summed E-state index contributed by atoms with van der Waals surface area (Å²) in [5.41, 5.74) is 3.36. The molecule has 0 aliphatic carbocycles. The Morgan fingerprint density at radius 1 is 1.14 bits per heavy atom.